The molecule has 0 aliphatic rings. The maximum atomic E-state index is 10.9. The zero-order valence-electron chi connectivity index (χ0n) is 9.43. The van der Waals surface area contributed by atoms with Crippen molar-refractivity contribution < 1.29 is 23.8 Å². The molecule has 0 aliphatic carbocycles. The van der Waals surface area contributed by atoms with Crippen LogP contribution in [-0.4, -0.2) is 32.9 Å². The van der Waals surface area contributed by atoms with Crippen LogP contribution in [0, 0.1) is 0 Å². The molecule has 0 heterocycles. The second-order valence-corrected chi connectivity index (χ2v) is 2.90. The Morgan fingerprint density at radius 2 is 2.18 bits per heavy atom. The lowest BCUT2D eigenvalue weighted by Gasteiger charge is -2.07. The fourth-order valence-corrected chi connectivity index (χ4v) is 1.10. The smallest absolute Gasteiger partial charge is 0.343 e. The van der Waals surface area contributed by atoms with Gasteiger partial charge in [0.2, 0.25) is 6.08 Å². The maximum Gasteiger partial charge on any atom is 0.343 e. The summed E-state index contributed by atoms with van der Waals surface area (Å²) in [6.07, 6.45) is 1.41. The number of carbonyl (C=O) groups excluding carboxylic acids is 2. The highest BCUT2D eigenvalue weighted by atomic mass is 16.6. The molecule has 0 aliphatic heterocycles. The number of rotatable bonds is 5. The number of carbonyl (C=O) groups is 1. The Hall–Kier alpha value is -2.33. The van der Waals surface area contributed by atoms with Crippen molar-refractivity contribution in [2.24, 2.45) is 4.99 Å². The van der Waals surface area contributed by atoms with E-state index in [9.17, 15) is 9.59 Å². The molecule has 0 amide bonds. The first kappa shape index (κ1) is 12.7. The average Bonchev–Trinajstić information content (AvgIpc) is 2.36. The third-order valence-electron chi connectivity index (χ3n) is 1.90. The lowest BCUT2D eigenvalue weighted by atomic mass is 10.3. The summed E-state index contributed by atoms with van der Waals surface area (Å²) in [6, 6.07) is 4.63. The highest BCUT2D eigenvalue weighted by Crippen LogP contribution is 2.31. The van der Waals surface area contributed by atoms with Gasteiger partial charge in [0, 0.05) is 6.07 Å². The van der Waals surface area contributed by atoms with Crippen LogP contribution in [-0.2, 0) is 14.3 Å². The van der Waals surface area contributed by atoms with Crippen LogP contribution in [0.5, 0.6) is 11.5 Å². The molecule has 0 spiro atoms. The molecule has 0 atom stereocenters. The second-order valence-electron chi connectivity index (χ2n) is 2.90. The minimum Gasteiger partial charge on any atom is -0.494 e. The number of hydrogen-bond donors (Lipinski definition) is 0. The number of aliphatic imine (C=N–C) groups is 1. The summed E-state index contributed by atoms with van der Waals surface area (Å²) >= 11 is 0. The Bertz CT molecular complexity index is 451. The molecule has 6 nitrogen and oxygen atoms in total. The maximum absolute atomic E-state index is 10.9. The molecule has 1 aromatic carbocycles. The van der Waals surface area contributed by atoms with Crippen molar-refractivity contribution in [2.75, 3.05) is 20.8 Å². The predicted octanol–water partition coefficient (Wildman–Crippen LogP) is 1.21. The van der Waals surface area contributed by atoms with Crippen molar-refractivity contribution in [3.8, 4) is 11.5 Å². The quantitative estimate of drug-likeness (QED) is 0.437. The van der Waals surface area contributed by atoms with Gasteiger partial charge in [0.25, 0.3) is 0 Å². The van der Waals surface area contributed by atoms with Gasteiger partial charge in [-0.3, -0.25) is 0 Å². The van der Waals surface area contributed by atoms with E-state index >= 15 is 0 Å². The van der Waals surface area contributed by atoms with Crippen molar-refractivity contribution in [2.45, 2.75) is 0 Å². The number of ether oxygens (including phenoxy) is 3. The number of hydrogen-bond acceptors (Lipinski definition) is 6. The molecular weight excluding hydrogens is 226 g/mol. The van der Waals surface area contributed by atoms with Gasteiger partial charge in [-0.2, -0.15) is 4.99 Å². The molecule has 17 heavy (non-hydrogen) atoms. The van der Waals surface area contributed by atoms with Crippen molar-refractivity contribution in [1.29, 1.82) is 0 Å². The molecule has 0 saturated heterocycles. The number of benzene rings is 1. The highest BCUT2D eigenvalue weighted by molar-refractivity contribution is 5.71. The molecule has 1 rings (SSSR count). The van der Waals surface area contributed by atoms with Gasteiger partial charge in [-0.15, -0.1) is 0 Å². The summed E-state index contributed by atoms with van der Waals surface area (Å²) in [7, 11) is 2.72. The van der Waals surface area contributed by atoms with E-state index in [0.717, 1.165) is 0 Å². The lowest BCUT2D eigenvalue weighted by molar-refractivity contribution is -0.142. The van der Waals surface area contributed by atoms with E-state index in [4.69, 9.17) is 9.47 Å². The van der Waals surface area contributed by atoms with Crippen LogP contribution in [0.4, 0.5) is 5.69 Å². The summed E-state index contributed by atoms with van der Waals surface area (Å²) < 4.78 is 14.5. The van der Waals surface area contributed by atoms with Crippen molar-refractivity contribution in [1.82, 2.24) is 0 Å². The van der Waals surface area contributed by atoms with Gasteiger partial charge in [-0.25, -0.2) is 9.59 Å². The molecule has 0 saturated carbocycles. The first-order chi connectivity index (χ1) is 8.21. The summed E-state index contributed by atoms with van der Waals surface area (Å²) in [5.74, 6) is 0.297. The van der Waals surface area contributed by atoms with E-state index in [-0.39, 0.29) is 12.3 Å². The molecule has 0 bridgehead atoms. The zero-order chi connectivity index (χ0) is 12.7. The normalized spacial score (nSPS) is 9.06. The minimum atomic E-state index is -0.499. The van der Waals surface area contributed by atoms with Gasteiger partial charge < -0.3 is 14.2 Å². The van der Waals surface area contributed by atoms with Gasteiger partial charge in [-0.05, 0) is 12.1 Å². The van der Waals surface area contributed by atoms with E-state index in [1.807, 2.05) is 0 Å². The SMILES string of the molecule is COC(=O)COc1ccc(OC)c(N=C=O)c1. The molecule has 6 heteroatoms. The third-order valence-corrected chi connectivity index (χ3v) is 1.90. The van der Waals surface area contributed by atoms with E-state index in [1.54, 1.807) is 12.1 Å². The molecule has 1 aromatic rings. The van der Waals surface area contributed by atoms with Gasteiger partial charge in [0.15, 0.2) is 6.61 Å². The van der Waals surface area contributed by atoms with Gasteiger partial charge in [0.05, 0.1) is 14.2 Å². The molecule has 0 N–H and O–H groups in total. The van der Waals surface area contributed by atoms with Crippen molar-refractivity contribution in [3.63, 3.8) is 0 Å². The largest absolute Gasteiger partial charge is 0.494 e. The third kappa shape index (κ3) is 3.62. The Labute approximate surface area is 97.8 Å². The molecule has 0 radical (unpaired) electrons. The fourth-order valence-electron chi connectivity index (χ4n) is 1.10. The average molecular weight is 237 g/mol. The lowest BCUT2D eigenvalue weighted by Crippen LogP contribution is -2.12. The standard InChI is InChI=1S/C11H11NO5/c1-15-10-4-3-8(5-9(10)12-7-13)17-6-11(14)16-2/h3-5H,6H2,1-2H3. The summed E-state index contributed by atoms with van der Waals surface area (Å²) in [6.45, 7) is -0.215. The van der Waals surface area contributed by atoms with Crippen LogP contribution >= 0.6 is 0 Å². The Morgan fingerprint density at radius 3 is 2.76 bits per heavy atom. The first-order valence-electron chi connectivity index (χ1n) is 4.66. The Kier molecular flexibility index (Phi) is 4.72. The molecule has 0 aromatic heterocycles. The molecular formula is C11H11NO5. The van der Waals surface area contributed by atoms with E-state index in [1.165, 1.54) is 26.4 Å². The summed E-state index contributed by atoms with van der Waals surface area (Å²) in [4.78, 5) is 24.5. The van der Waals surface area contributed by atoms with Crippen LogP contribution < -0.4 is 9.47 Å². The fraction of sp³-hybridized carbons (Fsp3) is 0.273. The molecule has 0 fully saturated rings. The Balaban J connectivity index is 2.84. The van der Waals surface area contributed by atoms with Gasteiger partial charge in [0.1, 0.15) is 17.2 Å². The van der Waals surface area contributed by atoms with Crippen LogP contribution in [0.1, 0.15) is 0 Å². The summed E-state index contributed by atoms with van der Waals surface area (Å²) in [5, 5.41) is 0. The van der Waals surface area contributed by atoms with Crippen LogP contribution in [0.2, 0.25) is 0 Å². The number of nitrogens with zero attached hydrogens (tertiary/aromatic N) is 1. The van der Waals surface area contributed by atoms with Crippen LogP contribution in [0.3, 0.4) is 0 Å². The first-order valence-corrected chi connectivity index (χ1v) is 4.66. The van der Waals surface area contributed by atoms with E-state index < -0.39 is 5.97 Å². The summed E-state index contributed by atoms with van der Waals surface area (Å²) in [5.41, 5.74) is 0.282. The van der Waals surface area contributed by atoms with Crippen molar-refractivity contribution in [3.05, 3.63) is 18.2 Å². The molecule has 0 unspecified atom stereocenters. The topological polar surface area (TPSA) is 74.2 Å². The number of isocyanates is 1. The number of esters is 1. The monoisotopic (exact) mass is 237 g/mol. The predicted molar refractivity (Wildman–Crippen MR) is 58.3 cm³/mol. The minimum absolute atomic E-state index is 0.215. The second kappa shape index (κ2) is 6.30. The zero-order valence-corrected chi connectivity index (χ0v) is 9.43. The van der Waals surface area contributed by atoms with E-state index in [2.05, 4.69) is 9.73 Å². The van der Waals surface area contributed by atoms with Crippen molar-refractivity contribution >= 4 is 17.7 Å². The number of methoxy groups -OCH3 is 2. The van der Waals surface area contributed by atoms with E-state index in [0.29, 0.717) is 11.5 Å². The molecule has 90 valence electrons. The van der Waals surface area contributed by atoms with Crippen LogP contribution in [0.15, 0.2) is 23.2 Å². The Morgan fingerprint density at radius 1 is 1.41 bits per heavy atom. The van der Waals surface area contributed by atoms with Gasteiger partial charge in [-0.1, -0.05) is 0 Å². The van der Waals surface area contributed by atoms with Crippen LogP contribution in [0.25, 0.3) is 0 Å². The highest BCUT2D eigenvalue weighted by Gasteiger charge is 2.06. The van der Waals surface area contributed by atoms with Gasteiger partial charge >= 0.3 is 5.97 Å².